The number of ether oxygens (including phenoxy) is 1. The van der Waals surface area contributed by atoms with Crippen LogP contribution < -0.4 is 5.32 Å². The van der Waals surface area contributed by atoms with Crippen LogP contribution in [0, 0.1) is 6.92 Å². The molecule has 0 heterocycles. The van der Waals surface area contributed by atoms with Gasteiger partial charge in [-0.25, -0.2) is 0 Å². The van der Waals surface area contributed by atoms with Crippen molar-refractivity contribution in [1.29, 1.82) is 0 Å². The van der Waals surface area contributed by atoms with E-state index in [0.29, 0.717) is 0 Å². The molecule has 0 saturated carbocycles. The molecule has 1 aromatic carbocycles. The smallest absolute Gasteiger partial charge is 0.0841 e. The van der Waals surface area contributed by atoms with Crippen molar-refractivity contribution >= 4 is 11.6 Å². The number of methoxy groups -OCH3 is 1. The molecule has 0 aromatic heterocycles. The summed E-state index contributed by atoms with van der Waals surface area (Å²) in [6, 6.07) is 6.38. The highest BCUT2D eigenvalue weighted by atomic mass is 35.5. The molecule has 0 radical (unpaired) electrons. The quantitative estimate of drug-likeness (QED) is 0.839. The van der Waals surface area contributed by atoms with Crippen molar-refractivity contribution in [3.63, 3.8) is 0 Å². The van der Waals surface area contributed by atoms with Gasteiger partial charge in [-0.2, -0.15) is 0 Å². The number of aryl methyl sites for hydroxylation is 1. The minimum Gasteiger partial charge on any atom is -0.377 e. The van der Waals surface area contributed by atoms with Gasteiger partial charge in [0, 0.05) is 12.1 Å². The molecule has 1 aromatic rings. The van der Waals surface area contributed by atoms with Gasteiger partial charge in [0.25, 0.3) is 0 Å². The highest BCUT2D eigenvalue weighted by Crippen LogP contribution is 2.33. The summed E-state index contributed by atoms with van der Waals surface area (Å²) in [5, 5.41) is 4.31. The van der Waals surface area contributed by atoms with E-state index in [1.54, 1.807) is 7.11 Å². The lowest BCUT2D eigenvalue weighted by atomic mass is 9.87. The van der Waals surface area contributed by atoms with Crippen molar-refractivity contribution in [2.45, 2.75) is 45.8 Å². The van der Waals surface area contributed by atoms with Gasteiger partial charge in [-0.3, -0.25) is 0 Å². The number of nitrogens with one attached hydrogen (secondary N) is 1. The van der Waals surface area contributed by atoms with E-state index in [4.69, 9.17) is 16.3 Å². The fourth-order valence-electron chi connectivity index (χ4n) is 2.15. The second-order valence-corrected chi connectivity index (χ2v) is 5.28. The number of halogens is 1. The molecule has 0 aliphatic heterocycles. The van der Waals surface area contributed by atoms with Crippen LogP contribution in [-0.2, 0) is 4.74 Å². The molecule has 18 heavy (non-hydrogen) atoms. The van der Waals surface area contributed by atoms with Crippen molar-refractivity contribution in [3.8, 4) is 0 Å². The van der Waals surface area contributed by atoms with Crippen LogP contribution in [0.5, 0.6) is 0 Å². The lowest BCUT2D eigenvalue weighted by molar-refractivity contribution is -0.0295. The summed E-state index contributed by atoms with van der Waals surface area (Å²) in [7, 11) is 1.77. The van der Waals surface area contributed by atoms with Crippen LogP contribution in [0.2, 0.25) is 5.02 Å². The highest BCUT2D eigenvalue weighted by Gasteiger charge is 2.33. The van der Waals surface area contributed by atoms with Crippen LogP contribution in [-0.4, -0.2) is 19.3 Å². The van der Waals surface area contributed by atoms with Gasteiger partial charge in [-0.1, -0.05) is 37.6 Å². The largest absolute Gasteiger partial charge is 0.377 e. The lowest BCUT2D eigenvalue weighted by Gasteiger charge is -2.36. The van der Waals surface area contributed by atoms with E-state index >= 15 is 0 Å². The van der Waals surface area contributed by atoms with E-state index < -0.39 is 0 Å². The van der Waals surface area contributed by atoms with Gasteiger partial charge in [0.05, 0.1) is 11.6 Å². The third kappa shape index (κ3) is 3.25. The van der Waals surface area contributed by atoms with Gasteiger partial charge in [0.15, 0.2) is 0 Å². The number of rotatable bonds is 6. The molecule has 0 saturated heterocycles. The summed E-state index contributed by atoms with van der Waals surface area (Å²) in [4.78, 5) is 0. The molecular formula is C15H24ClNO. The molecule has 0 bridgehead atoms. The molecule has 0 aliphatic rings. The first-order valence-electron chi connectivity index (χ1n) is 6.53. The predicted molar refractivity (Wildman–Crippen MR) is 78.3 cm³/mol. The van der Waals surface area contributed by atoms with Crippen LogP contribution in [0.3, 0.4) is 0 Å². The summed E-state index contributed by atoms with van der Waals surface area (Å²) < 4.78 is 5.72. The minimum atomic E-state index is -0.228. The number of benzene rings is 1. The zero-order valence-corrected chi connectivity index (χ0v) is 12.8. The molecule has 0 spiro atoms. The van der Waals surface area contributed by atoms with Crippen LogP contribution in [0.1, 0.15) is 44.4 Å². The summed E-state index contributed by atoms with van der Waals surface area (Å²) in [5.74, 6) is 0. The van der Waals surface area contributed by atoms with Crippen LogP contribution in [0.25, 0.3) is 0 Å². The first-order chi connectivity index (χ1) is 8.48. The molecule has 2 nitrogen and oxygen atoms in total. The van der Waals surface area contributed by atoms with E-state index in [1.807, 2.05) is 13.0 Å². The molecule has 2 atom stereocenters. The summed E-state index contributed by atoms with van der Waals surface area (Å²) >= 11 is 6.23. The van der Waals surface area contributed by atoms with E-state index in [1.165, 1.54) is 5.56 Å². The minimum absolute atomic E-state index is 0.149. The third-order valence-electron chi connectivity index (χ3n) is 3.72. The molecule has 3 heteroatoms. The van der Waals surface area contributed by atoms with Crippen molar-refractivity contribution < 1.29 is 4.74 Å². The fourth-order valence-corrected chi connectivity index (χ4v) is 2.33. The van der Waals surface area contributed by atoms with Gasteiger partial charge >= 0.3 is 0 Å². The van der Waals surface area contributed by atoms with E-state index in [2.05, 4.69) is 38.2 Å². The molecule has 0 amide bonds. The second-order valence-electron chi connectivity index (χ2n) is 4.87. The van der Waals surface area contributed by atoms with E-state index in [-0.39, 0.29) is 11.6 Å². The SMILES string of the molecule is CCNC(c1ccc(C)c(Cl)c1)C(C)(CC)OC. The molecular weight excluding hydrogens is 246 g/mol. The van der Waals surface area contributed by atoms with Crippen molar-refractivity contribution in [3.05, 3.63) is 34.3 Å². The number of hydrogen-bond acceptors (Lipinski definition) is 2. The van der Waals surface area contributed by atoms with Gasteiger partial charge in [-0.15, -0.1) is 0 Å². The Morgan fingerprint density at radius 2 is 2.06 bits per heavy atom. The van der Waals surface area contributed by atoms with E-state index in [9.17, 15) is 0 Å². The normalized spacial score (nSPS) is 16.3. The van der Waals surface area contributed by atoms with Crippen molar-refractivity contribution in [2.24, 2.45) is 0 Å². The maximum absolute atomic E-state index is 6.23. The van der Waals surface area contributed by atoms with Gasteiger partial charge in [0.2, 0.25) is 0 Å². The maximum Gasteiger partial charge on any atom is 0.0841 e. The predicted octanol–water partition coefficient (Wildman–Crippen LogP) is 4.11. The molecule has 102 valence electrons. The summed E-state index contributed by atoms with van der Waals surface area (Å²) in [6.45, 7) is 9.30. The topological polar surface area (TPSA) is 21.3 Å². The van der Waals surface area contributed by atoms with Gasteiger partial charge in [0.1, 0.15) is 0 Å². The number of likely N-dealkylation sites (N-methyl/N-ethyl adjacent to an activating group) is 1. The Kier molecular flexibility index (Phi) is 5.64. The zero-order valence-electron chi connectivity index (χ0n) is 12.0. The van der Waals surface area contributed by atoms with Crippen LogP contribution in [0.15, 0.2) is 18.2 Å². The molecule has 0 aliphatic carbocycles. The Morgan fingerprint density at radius 3 is 2.50 bits per heavy atom. The lowest BCUT2D eigenvalue weighted by Crippen LogP contribution is -2.42. The first kappa shape index (κ1) is 15.5. The summed E-state index contributed by atoms with van der Waals surface area (Å²) in [6.07, 6.45) is 0.937. The Hall–Kier alpha value is -0.570. The molecule has 1 N–H and O–H groups in total. The monoisotopic (exact) mass is 269 g/mol. The van der Waals surface area contributed by atoms with Crippen molar-refractivity contribution in [1.82, 2.24) is 5.32 Å². The summed E-state index contributed by atoms with van der Waals surface area (Å²) in [5.41, 5.74) is 2.05. The average Bonchev–Trinajstić information content (AvgIpc) is 2.38. The fraction of sp³-hybridized carbons (Fsp3) is 0.600. The number of hydrogen-bond donors (Lipinski definition) is 1. The first-order valence-corrected chi connectivity index (χ1v) is 6.90. The average molecular weight is 270 g/mol. The molecule has 2 unspecified atom stereocenters. The van der Waals surface area contributed by atoms with Gasteiger partial charge < -0.3 is 10.1 Å². The second kappa shape index (κ2) is 6.55. The van der Waals surface area contributed by atoms with Gasteiger partial charge in [-0.05, 0) is 44.0 Å². The van der Waals surface area contributed by atoms with Crippen molar-refractivity contribution in [2.75, 3.05) is 13.7 Å². The Labute approximate surface area is 116 Å². The highest BCUT2D eigenvalue weighted by molar-refractivity contribution is 6.31. The maximum atomic E-state index is 6.23. The standard InChI is InChI=1S/C15H24ClNO/c1-6-15(4,18-5)14(17-7-2)12-9-8-11(3)13(16)10-12/h8-10,14,17H,6-7H2,1-5H3. The van der Waals surface area contributed by atoms with E-state index in [0.717, 1.165) is 23.6 Å². The van der Waals surface area contributed by atoms with Crippen LogP contribution in [0.4, 0.5) is 0 Å². The molecule has 0 fully saturated rings. The third-order valence-corrected chi connectivity index (χ3v) is 4.12. The van der Waals surface area contributed by atoms with Crippen LogP contribution >= 0.6 is 11.6 Å². The Bertz CT molecular complexity index is 388. The molecule has 1 rings (SSSR count). The Morgan fingerprint density at radius 1 is 1.39 bits per heavy atom. The Balaban J connectivity index is 3.14. The zero-order chi connectivity index (χ0) is 13.8.